The Morgan fingerprint density at radius 2 is 2.04 bits per heavy atom. The lowest BCUT2D eigenvalue weighted by Gasteiger charge is -2.31. The molecule has 1 aromatic heterocycles. The van der Waals surface area contributed by atoms with Crippen molar-refractivity contribution in [2.75, 3.05) is 29.1 Å². The molecule has 2 heterocycles. The normalized spacial score (nSPS) is 17.9. The Morgan fingerprint density at radius 3 is 2.74 bits per heavy atom. The molecule has 1 saturated heterocycles. The maximum atomic E-state index is 13.2. The predicted molar refractivity (Wildman–Crippen MR) is 105 cm³/mol. The topological polar surface area (TPSA) is 63.1 Å². The standard InChI is InChI=1S/C19H24FN5OS/c1-13-7-9-24(10-8-13)18-22-23-19(25(18)16-5-6-16)27-12-17(26)21-15-4-2-3-14(20)11-15/h2-4,11,13,16H,5-10,12H2,1H3,(H,21,26). The number of carbonyl (C=O) groups is 1. The van der Waals surface area contributed by atoms with Gasteiger partial charge in [0.05, 0.1) is 5.75 Å². The van der Waals surface area contributed by atoms with Crippen LogP contribution in [-0.4, -0.2) is 39.5 Å². The number of carbonyl (C=O) groups excluding carboxylic acids is 1. The van der Waals surface area contributed by atoms with Gasteiger partial charge in [0.15, 0.2) is 5.16 Å². The maximum absolute atomic E-state index is 13.2. The summed E-state index contributed by atoms with van der Waals surface area (Å²) in [6, 6.07) is 6.36. The fourth-order valence-electron chi connectivity index (χ4n) is 3.34. The molecule has 2 fully saturated rings. The largest absolute Gasteiger partial charge is 0.341 e. The number of anilines is 2. The van der Waals surface area contributed by atoms with Crippen molar-refractivity contribution in [3.8, 4) is 0 Å². The average molecular weight is 390 g/mol. The van der Waals surface area contributed by atoms with Gasteiger partial charge in [0.1, 0.15) is 5.82 Å². The van der Waals surface area contributed by atoms with E-state index in [9.17, 15) is 9.18 Å². The van der Waals surface area contributed by atoms with Gasteiger partial charge in [-0.3, -0.25) is 9.36 Å². The summed E-state index contributed by atoms with van der Waals surface area (Å²) >= 11 is 1.39. The third-order valence-corrected chi connectivity index (χ3v) is 6.01. The first kappa shape index (κ1) is 18.3. The maximum Gasteiger partial charge on any atom is 0.234 e. The van der Waals surface area contributed by atoms with E-state index >= 15 is 0 Å². The predicted octanol–water partition coefficient (Wildman–Crippen LogP) is 3.72. The number of piperidine rings is 1. The van der Waals surface area contributed by atoms with E-state index in [1.54, 1.807) is 12.1 Å². The van der Waals surface area contributed by atoms with Crippen LogP contribution in [-0.2, 0) is 4.79 Å². The highest BCUT2D eigenvalue weighted by atomic mass is 32.2. The van der Waals surface area contributed by atoms with Gasteiger partial charge in [-0.15, -0.1) is 10.2 Å². The van der Waals surface area contributed by atoms with Crippen molar-refractivity contribution in [2.45, 2.75) is 43.8 Å². The number of aromatic nitrogens is 3. The van der Waals surface area contributed by atoms with Crippen LogP contribution in [0.3, 0.4) is 0 Å². The van der Waals surface area contributed by atoms with Crippen molar-refractivity contribution in [1.82, 2.24) is 14.8 Å². The van der Waals surface area contributed by atoms with Crippen molar-refractivity contribution < 1.29 is 9.18 Å². The molecule has 1 N–H and O–H groups in total. The summed E-state index contributed by atoms with van der Waals surface area (Å²) in [6.07, 6.45) is 4.63. The highest BCUT2D eigenvalue weighted by Crippen LogP contribution is 2.41. The van der Waals surface area contributed by atoms with Gasteiger partial charge in [0.25, 0.3) is 0 Å². The fourth-order valence-corrected chi connectivity index (χ4v) is 4.14. The Kier molecular flexibility index (Phi) is 5.33. The Morgan fingerprint density at radius 1 is 1.26 bits per heavy atom. The highest BCUT2D eigenvalue weighted by Gasteiger charge is 2.32. The van der Waals surface area contributed by atoms with E-state index in [0.29, 0.717) is 11.7 Å². The summed E-state index contributed by atoms with van der Waals surface area (Å²) < 4.78 is 15.4. The molecular formula is C19H24FN5OS. The zero-order chi connectivity index (χ0) is 18.8. The molecule has 8 heteroatoms. The number of amides is 1. The summed E-state index contributed by atoms with van der Waals surface area (Å²) in [7, 11) is 0. The number of nitrogens with one attached hydrogen (secondary N) is 1. The van der Waals surface area contributed by atoms with Crippen molar-refractivity contribution in [3.05, 3.63) is 30.1 Å². The van der Waals surface area contributed by atoms with E-state index in [1.807, 2.05) is 0 Å². The average Bonchev–Trinajstić information content (AvgIpc) is 3.40. The van der Waals surface area contributed by atoms with Gasteiger partial charge < -0.3 is 10.2 Å². The molecule has 0 spiro atoms. The summed E-state index contributed by atoms with van der Waals surface area (Å²) in [5.74, 6) is 1.38. The molecule has 0 radical (unpaired) electrons. The Bertz CT molecular complexity index is 814. The SMILES string of the molecule is CC1CCN(c2nnc(SCC(=O)Nc3cccc(F)c3)n2C2CC2)CC1. The number of thioether (sulfide) groups is 1. The molecule has 1 aliphatic heterocycles. The van der Waals surface area contributed by atoms with Crippen molar-refractivity contribution in [2.24, 2.45) is 5.92 Å². The van der Waals surface area contributed by atoms with Crippen LogP contribution in [0.5, 0.6) is 0 Å². The van der Waals surface area contributed by atoms with Crippen LogP contribution in [0.25, 0.3) is 0 Å². The van der Waals surface area contributed by atoms with Gasteiger partial charge >= 0.3 is 0 Å². The van der Waals surface area contributed by atoms with E-state index in [0.717, 1.165) is 43.0 Å². The second kappa shape index (κ2) is 7.88. The van der Waals surface area contributed by atoms with Crippen LogP contribution in [0.2, 0.25) is 0 Å². The molecular weight excluding hydrogens is 365 g/mol. The lowest BCUT2D eigenvalue weighted by molar-refractivity contribution is -0.113. The summed E-state index contributed by atoms with van der Waals surface area (Å²) in [5.41, 5.74) is 0.465. The molecule has 1 aliphatic carbocycles. The number of nitrogens with zero attached hydrogens (tertiary/aromatic N) is 4. The van der Waals surface area contributed by atoms with Crippen LogP contribution in [0.15, 0.2) is 29.4 Å². The van der Waals surface area contributed by atoms with Crippen molar-refractivity contribution >= 4 is 29.3 Å². The van der Waals surface area contributed by atoms with Crippen LogP contribution < -0.4 is 10.2 Å². The molecule has 0 unspecified atom stereocenters. The van der Waals surface area contributed by atoms with Crippen LogP contribution in [0.1, 0.15) is 38.6 Å². The van der Waals surface area contributed by atoms with Gasteiger partial charge in [-0.25, -0.2) is 4.39 Å². The molecule has 1 aromatic carbocycles. The molecule has 0 bridgehead atoms. The Balaban J connectivity index is 1.41. The minimum Gasteiger partial charge on any atom is -0.341 e. The van der Waals surface area contributed by atoms with Gasteiger partial charge in [-0.2, -0.15) is 0 Å². The Labute approximate surface area is 162 Å². The monoisotopic (exact) mass is 389 g/mol. The first-order chi connectivity index (χ1) is 13.1. The molecule has 1 amide bonds. The minimum atomic E-state index is -0.366. The third-order valence-electron chi connectivity index (χ3n) is 5.07. The lowest BCUT2D eigenvalue weighted by atomic mass is 10.00. The zero-order valence-electron chi connectivity index (χ0n) is 15.4. The first-order valence-corrected chi connectivity index (χ1v) is 10.5. The van der Waals surface area contributed by atoms with Gasteiger partial charge in [-0.1, -0.05) is 24.8 Å². The number of hydrogen-bond donors (Lipinski definition) is 1. The van der Waals surface area contributed by atoms with Crippen molar-refractivity contribution in [3.63, 3.8) is 0 Å². The summed E-state index contributed by atoms with van der Waals surface area (Å²) in [5, 5.41) is 12.3. The Hall–Kier alpha value is -2.09. The number of halogens is 1. The number of benzene rings is 1. The molecule has 1 saturated carbocycles. The molecule has 144 valence electrons. The highest BCUT2D eigenvalue weighted by molar-refractivity contribution is 7.99. The third kappa shape index (κ3) is 4.43. The quantitative estimate of drug-likeness (QED) is 0.763. The van der Waals surface area contributed by atoms with E-state index in [-0.39, 0.29) is 17.5 Å². The smallest absolute Gasteiger partial charge is 0.234 e. The first-order valence-electron chi connectivity index (χ1n) is 9.48. The zero-order valence-corrected chi connectivity index (χ0v) is 16.2. The number of hydrogen-bond acceptors (Lipinski definition) is 5. The minimum absolute atomic E-state index is 0.177. The van der Waals surface area contributed by atoms with Crippen LogP contribution >= 0.6 is 11.8 Å². The molecule has 27 heavy (non-hydrogen) atoms. The summed E-state index contributed by atoms with van der Waals surface area (Å²) in [6.45, 7) is 4.31. The van der Waals surface area contributed by atoms with E-state index in [1.165, 1.54) is 36.7 Å². The fraction of sp³-hybridized carbons (Fsp3) is 0.526. The van der Waals surface area contributed by atoms with Crippen molar-refractivity contribution in [1.29, 1.82) is 0 Å². The van der Waals surface area contributed by atoms with Crippen LogP contribution in [0, 0.1) is 11.7 Å². The molecule has 0 atom stereocenters. The number of rotatable bonds is 6. The molecule has 2 aliphatic rings. The second-order valence-electron chi connectivity index (χ2n) is 7.40. The van der Waals surface area contributed by atoms with E-state index < -0.39 is 0 Å². The van der Waals surface area contributed by atoms with Gasteiger partial charge in [-0.05, 0) is 49.8 Å². The molecule has 6 nitrogen and oxygen atoms in total. The van der Waals surface area contributed by atoms with Gasteiger partial charge in [0, 0.05) is 24.8 Å². The second-order valence-corrected chi connectivity index (χ2v) is 8.34. The van der Waals surface area contributed by atoms with E-state index in [4.69, 9.17) is 0 Å². The van der Waals surface area contributed by atoms with Crippen LogP contribution in [0.4, 0.5) is 16.0 Å². The molecule has 2 aromatic rings. The summed E-state index contributed by atoms with van der Waals surface area (Å²) in [4.78, 5) is 14.5. The lowest BCUT2D eigenvalue weighted by Crippen LogP contribution is -2.34. The van der Waals surface area contributed by atoms with Gasteiger partial charge in [0.2, 0.25) is 11.9 Å². The molecule has 4 rings (SSSR count). The van der Waals surface area contributed by atoms with E-state index in [2.05, 4.69) is 31.9 Å².